The highest BCUT2D eigenvalue weighted by Gasteiger charge is 2.34. The van der Waals surface area contributed by atoms with E-state index in [9.17, 15) is 18.0 Å². The third kappa shape index (κ3) is 2.66. The first-order valence-electron chi connectivity index (χ1n) is 5.82. The summed E-state index contributed by atoms with van der Waals surface area (Å²) >= 11 is 0. The molecule has 2 aromatic rings. The summed E-state index contributed by atoms with van der Waals surface area (Å²) in [6.45, 7) is 1.74. The zero-order valence-electron chi connectivity index (χ0n) is 10.5. The maximum absolute atomic E-state index is 13.0. The van der Waals surface area contributed by atoms with Gasteiger partial charge < -0.3 is 4.74 Å². The molecule has 0 bridgehead atoms. The summed E-state index contributed by atoms with van der Waals surface area (Å²) in [7, 11) is 0. The van der Waals surface area contributed by atoms with Crippen molar-refractivity contribution >= 4 is 5.97 Å². The quantitative estimate of drug-likeness (QED) is 0.880. The number of ether oxygens (including phenoxy) is 1. The second-order valence-corrected chi connectivity index (χ2v) is 3.92. The monoisotopic (exact) mass is 284 g/mol. The first-order chi connectivity index (χ1) is 9.45. The molecule has 1 aromatic heterocycles. The minimum atomic E-state index is -4.52. The Hall–Kier alpha value is -2.31. The molecule has 0 radical (unpaired) electrons. The first kappa shape index (κ1) is 14.1. The van der Waals surface area contributed by atoms with E-state index in [1.165, 1.54) is 18.2 Å². The van der Waals surface area contributed by atoms with Gasteiger partial charge in [0.1, 0.15) is 5.56 Å². The summed E-state index contributed by atoms with van der Waals surface area (Å²) < 4.78 is 43.7. The van der Waals surface area contributed by atoms with Gasteiger partial charge in [-0.3, -0.25) is 5.10 Å². The number of H-pyrrole nitrogens is 1. The van der Waals surface area contributed by atoms with Crippen molar-refractivity contribution in [2.45, 2.75) is 13.1 Å². The Kier molecular flexibility index (Phi) is 3.78. The highest BCUT2D eigenvalue weighted by atomic mass is 19.4. The van der Waals surface area contributed by atoms with E-state index in [4.69, 9.17) is 4.74 Å². The Morgan fingerprint density at radius 2 is 2.05 bits per heavy atom. The lowest BCUT2D eigenvalue weighted by molar-refractivity contribution is -0.137. The van der Waals surface area contributed by atoms with Crippen molar-refractivity contribution in [2.75, 3.05) is 6.61 Å². The number of halogens is 3. The Morgan fingerprint density at radius 1 is 1.35 bits per heavy atom. The smallest absolute Gasteiger partial charge is 0.417 e. The maximum Gasteiger partial charge on any atom is 0.417 e. The number of alkyl halides is 3. The average molecular weight is 284 g/mol. The van der Waals surface area contributed by atoms with Crippen molar-refractivity contribution < 1.29 is 22.7 Å². The number of carbonyl (C=O) groups excluding carboxylic acids is 1. The van der Waals surface area contributed by atoms with Gasteiger partial charge in [-0.25, -0.2) is 4.79 Å². The number of benzene rings is 1. The number of hydrogen-bond acceptors (Lipinski definition) is 3. The van der Waals surface area contributed by atoms with Crippen LogP contribution in [0, 0.1) is 0 Å². The first-order valence-corrected chi connectivity index (χ1v) is 5.82. The Labute approximate surface area is 112 Å². The Bertz CT molecular complexity index is 620. The van der Waals surface area contributed by atoms with E-state index >= 15 is 0 Å². The fraction of sp³-hybridized carbons (Fsp3) is 0.231. The molecule has 1 aromatic carbocycles. The topological polar surface area (TPSA) is 55.0 Å². The molecular weight excluding hydrogens is 273 g/mol. The zero-order chi connectivity index (χ0) is 14.8. The van der Waals surface area contributed by atoms with Gasteiger partial charge in [0.25, 0.3) is 0 Å². The van der Waals surface area contributed by atoms with Crippen LogP contribution in [0.4, 0.5) is 13.2 Å². The van der Waals surface area contributed by atoms with Crippen molar-refractivity contribution in [1.29, 1.82) is 0 Å². The highest BCUT2D eigenvalue weighted by molar-refractivity contribution is 5.96. The van der Waals surface area contributed by atoms with Crippen molar-refractivity contribution in [2.24, 2.45) is 0 Å². The molecule has 7 heteroatoms. The molecule has 0 aliphatic heterocycles. The van der Waals surface area contributed by atoms with E-state index in [0.717, 1.165) is 12.3 Å². The molecule has 0 amide bonds. The summed E-state index contributed by atoms with van der Waals surface area (Å²) in [5, 5.41) is 6.05. The second-order valence-electron chi connectivity index (χ2n) is 3.92. The van der Waals surface area contributed by atoms with Crippen LogP contribution < -0.4 is 0 Å². The fourth-order valence-electron chi connectivity index (χ4n) is 1.80. The molecule has 0 saturated heterocycles. The molecule has 2 rings (SSSR count). The van der Waals surface area contributed by atoms with Crippen LogP contribution in [0.2, 0.25) is 0 Å². The number of aromatic nitrogens is 2. The molecule has 0 saturated carbocycles. The van der Waals surface area contributed by atoms with E-state index in [-0.39, 0.29) is 23.4 Å². The second kappa shape index (κ2) is 5.36. The largest absolute Gasteiger partial charge is 0.462 e. The lowest BCUT2D eigenvalue weighted by Crippen LogP contribution is -2.09. The van der Waals surface area contributed by atoms with E-state index in [0.29, 0.717) is 0 Å². The van der Waals surface area contributed by atoms with Crippen LogP contribution in [0.25, 0.3) is 11.3 Å². The number of rotatable bonds is 3. The summed E-state index contributed by atoms with van der Waals surface area (Å²) in [5.74, 6) is -0.715. The van der Waals surface area contributed by atoms with Gasteiger partial charge in [0.15, 0.2) is 0 Å². The standard InChI is InChI=1S/C13H11F3N2O2/c1-2-20-12(19)9-7-17-18-11(9)8-5-3-4-6-10(8)13(14,15)16/h3-7H,2H2,1H3,(H,17,18). The zero-order valence-corrected chi connectivity index (χ0v) is 10.5. The van der Waals surface area contributed by atoms with Crippen LogP contribution in [0.3, 0.4) is 0 Å². The average Bonchev–Trinajstić information content (AvgIpc) is 2.87. The van der Waals surface area contributed by atoms with Crippen LogP contribution in [-0.2, 0) is 10.9 Å². The number of carbonyl (C=O) groups is 1. The molecular formula is C13H11F3N2O2. The van der Waals surface area contributed by atoms with E-state index in [2.05, 4.69) is 10.2 Å². The Morgan fingerprint density at radius 3 is 2.70 bits per heavy atom. The lowest BCUT2D eigenvalue weighted by Gasteiger charge is -2.12. The third-order valence-corrected chi connectivity index (χ3v) is 2.64. The van der Waals surface area contributed by atoms with Crippen LogP contribution in [0.1, 0.15) is 22.8 Å². The van der Waals surface area contributed by atoms with Crippen molar-refractivity contribution in [3.05, 3.63) is 41.6 Å². The number of nitrogens with one attached hydrogen (secondary N) is 1. The van der Waals surface area contributed by atoms with E-state index in [1.807, 2.05) is 0 Å². The van der Waals surface area contributed by atoms with Gasteiger partial charge in [-0.15, -0.1) is 0 Å². The van der Waals surface area contributed by atoms with Gasteiger partial charge in [-0.2, -0.15) is 18.3 Å². The number of esters is 1. The van der Waals surface area contributed by atoms with E-state index < -0.39 is 17.7 Å². The summed E-state index contributed by atoms with van der Waals surface area (Å²) in [6, 6.07) is 4.97. The molecule has 1 heterocycles. The molecule has 1 N–H and O–H groups in total. The minimum Gasteiger partial charge on any atom is -0.462 e. The molecule has 0 aliphatic carbocycles. The molecule has 0 fully saturated rings. The SMILES string of the molecule is CCOC(=O)c1cn[nH]c1-c1ccccc1C(F)(F)F. The summed E-state index contributed by atoms with van der Waals surface area (Å²) in [6.07, 6.45) is -3.37. The minimum absolute atomic E-state index is 0.00336. The highest BCUT2D eigenvalue weighted by Crippen LogP contribution is 2.37. The van der Waals surface area contributed by atoms with Crippen LogP contribution >= 0.6 is 0 Å². The summed E-state index contributed by atoms with van der Waals surface area (Å²) in [5.41, 5.74) is -1.00. The van der Waals surface area contributed by atoms with Crippen LogP contribution in [0.5, 0.6) is 0 Å². The van der Waals surface area contributed by atoms with Crippen LogP contribution in [0.15, 0.2) is 30.5 Å². The number of hydrogen-bond donors (Lipinski definition) is 1. The van der Waals surface area contributed by atoms with Gasteiger partial charge in [-0.1, -0.05) is 18.2 Å². The van der Waals surface area contributed by atoms with Crippen molar-refractivity contribution in [1.82, 2.24) is 10.2 Å². The molecule has 20 heavy (non-hydrogen) atoms. The molecule has 0 aliphatic rings. The predicted octanol–water partition coefficient (Wildman–Crippen LogP) is 3.27. The molecule has 0 spiro atoms. The normalized spacial score (nSPS) is 11.4. The van der Waals surface area contributed by atoms with Crippen molar-refractivity contribution in [3.8, 4) is 11.3 Å². The van der Waals surface area contributed by atoms with Gasteiger partial charge in [-0.05, 0) is 13.0 Å². The van der Waals surface area contributed by atoms with Gasteiger partial charge in [0.2, 0.25) is 0 Å². The molecule has 106 valence electrons. The molecule has 0 unspecified atom stereocenters. The van der Waals surface area contributed by atoms with Gasteiger partial charge in [0, 0.05) is 5.56 Å². The predicted molar refractivity (Wildman–Crippen MR) is 65.0 cm³/mol. The molecule has 4 nitrogen and oxygen atoms in total. The lowest BCUT2D eigenvalue weighted by atomic mass is 10.0. The molecule has 0 atom stereocenters. The van der Waals surface area contributed by atoms with Gasteiger partial charge in [0.05, 0.1) is 24.1 Å². The Balaban J connectivity index is 2.54. The van der Waals surface area contributed by atoms with Crippen LogP contribution in [-0.4, -0.2) is 22.8 Å². The maximum atomic E-state index is 13.0. The van der Waals surface area contributed by atoms with Crippen molar-refractivity contribution in [3.63, 3.8) is 0 Å². The third-order valence-electron chi connectivity index (χ3n) is 2.64. The number of nitrogens with zero attached hydrogens (tertiary/aromatic N) is 1. The number of aromatic amines is 1. The van der Waals surface area contributed by atoms with Gasteiger partial charge >= 0.3 is 12.1 Å². The fourth-order valence-corrected chi connectivity index (χ4v) is 1.80. The van der Waals surface area contributed by atoms with E-state index in [1.54, 1.807) is 6.92 Å². The summed E-state index contributed by atoms with van der Waals surface area (Å²) in [4.78, 5) is 11.7.